The smallest absolute Gasteiger partial charge is 0.321 e. The van der Waals surface area contributed by atoms with Crippen molar-refractivity contribution in [2.45, 2.75) is 0 Å². The van der Waals surface area contributed by atoms with Crippen LogP contribution in [0.15, 0.2) is 24.3 Å². The number of aromatic nitrogens is 3. The van der Waals surface area contributed by atoms with Gasteiger partial charge in [-0.2, -0.15) is 15.0 Å². The van der Waals surface area contributed by atoms with E-state index in [9.17, 15) is 5.11 Å². The van der Waals surface area contributed by atoms with Crippen molar-refractivity contribution in [2.24, 2.45) is 0 Å². The lowest BCUT2D eigenvalue weighted by atomic mass is 10.2. The van der Waals surface area contributed by atoms with Crippen molar-refractivity contribution in [3.63, 3.8) is 0 Å². The van der Waals surface area contributed by atoms with Gasteiger partial charge in [-0.1, -0.05) is 12.1 Å². The van der Waals surface area contributed by atoms with E-state index in [4.69, 9.17) is 4.74 Å². The first-order valence-corrected chi connectivity index (χ1v) is 5.37. The molecule has 94 valence electrons. The largest absolute Gasteiger partial charge is 0.507 e. The number of nitrogens with zero attached hydrogens (tertiary/aromatic N) is 4. The van der Waals surface area contributed by atoms with E-state index in [-0.39, 0.29) is 11.8 Å². The predicted molar refractivity (Wildman–Crippen MR) is 67.8 cm³/mol. The summed E-state index contributed by atoms with van der Waals surface area (Å²) in [6.45, 7) is 0. The molecule has 2 rings (SSSR count). The Bertz CT molecular complexity index is 558. The number of phenolic OH excluding ortho intramolecular Hbond substituents is 1. The Balaban J connectivity index is 2.57. The van der Waals surface area contributed by atoms with E-state index >= 15 is 0 Å². The summed E-state index contributed by atoms with van der Waals surface area (Å²) in [5, 5.41) is 9.80. The molecule has 0 radical (unpaired) electrons. The number of benzene rings is 1. The van der Waals surface area contributed by atoms with Crippen LogP contribution in [0.2, 0.25) is 0 Å². The zero-order valence-corrected chi connectivity index (χ0v) is 10.5. The Morgan fingerprint density at radius 1 is 1.11 bits per heavy atom. The molecule has 0 atom stereocenters. The molecular formula is C12H14N4O2. The third-order valence-electron chi connectivity index (χ3n) is 2.33. The number of rotatable bonds is 3. The first-order chi connectivity index (χ1) is 8.61. The van der Waals surface area contributed by atoms with Gasteiger partial charge in [-0.15, -0.1) is 0 Å². The number of anilines is 1. The van der Waals surface area contributed by atoms with Gasteiger partial charge in [0.25, 0.3) is 0 Å². The average molecular weight is 246 g/mol. The number of hydrogen-bond donors (Lipinski definition) is 1. The van der Waals surface area contributed by atoms with E-state index in [1.54, 1.807) is 29.2 Å². The van der Waals surface area contributed by atoms with E-state index in [1.165, 1.54) is 7.11 Å². The molecule has 0 unspecified atom stereocenters. The lowest BCUT2D eigenvalue weighted by Gasteiger charge is -2.12. The number of methoxy groups -OCH3 is 1. The fourth-order valence-electron chi connectivity index (χ4n) is 1.42. The van der Waals surface area contributed by atoms with Crippen LogP contribution in [0.5, 0.6) is 11.8 Å². The second-order valence-corrected chi connectivity index (χ2v) is 3.86. The van der Waals surface area contributed by atoms with Crippen LogP contribution >= 0.6 is 0 Å². The molecule has 0 bridgehead atoms. The summed E-state index contributed by atoms with van der Waals surface area (Å²) >= 11 is 0. The highest BCUT2D eigenvalue weighted by atomic mass is 16.5. The quantitative estimate of drug-likeness (QED) is 0.880. The van der Waals surface area contributed by atoms with Gasteiger partial charge in [-0.05, 0) is 12.1 Å². The third kappa shape index (κ3) is 2.32. The van der Waals surface area contributed by atoms with Crippen LogP contribution in [-0.4, -0.2) is 41.3 Å². The topological polar surface area (TPSA) is 71.4 Å². The minimum atomic E-state index is 0.121. The maximum atomic E-state index is 9.80. The monoisotopic (exact) mass is 246 g/mol. The standard InChI is InChI=1S/C12H14N4O2/c1-16(2)11-13-10(14-12(15-11)18-3)8-6-4-5-7-9(8)17/h4-7,17H,1-3H3. The molecule has 0 fully saturated rings. The molecule has 1 aromatic heterocycles. The molecule has 1 N–H and O–H groups in total. The summed E-state index contributed by atoms with van der Waals surface area (Å²) in [5.74, 6) is 0.971. The van der Waals surface area contributed by atoms with Crippen LogP contribution in [0.4, 0.5) is 5.95 Å². The lowest BCUT2D eigenvalue weighted by Crippen LogP contribution is -2.14. The molecule has 0 aliphatic carbocycles. The number of phenols is 1. The highest BCUT2D eigenvalue weighted by Crippen LogP contribution is 2.27. The van der Waals surface area contributed by atoms with Crippen molar-refractivity contribution in [2.75, 3.05) is 26.1 Å². The molecule has 0 amide bonds. The molecule has 0 aliphatic heterocycles. The number of hydrogen-bond acceptors (Lipinski definition) is 6. The maximum absolute atomic E-state index is 9.80. The summed E-state index contributed by atoms with van der Waals surface area (Å²) in [6.07, 6.45) is 0. The summed E-state index contributed by atoms with van der Waals surface area (Å²) in [6, 6.07) is 7.09. The molecule has 18 heavy (non-hydrogen) atoms. The maximum Gasteiger partial charge on any atom is 0.321 e. The van der Waals surface area contributed by atoms with E-state index in [0.717, 1.165) is 0 Å². The van der Waals surface area contributed by atoms with Gasteiger partial charge in [-0.25, -0.2) is 0 Å². The van der Waals surface area contributed by atoms with Gasteiger partial charge >= 0.3 is 6.01 Å². The molecule has 0 saturated heterocycles. The van der Waals surface area contributed by atoms with Gasteiger partial charge in [0.1, 0.15) is 5.75 Å². The van der Waals surface area contributed by atoms with Crippen molar-refractivity contribution in [3.8, 4) is 23.1 Å². The summed E-state index contributed by atoms with van der Waals surface area (Å²) in [7, 11) is 5.14. The second kappa shape index (κ2) is 4.87. The average Bonchev–Trinajstić information content (AvgIpc) is 2.38. The fourth-order valence-corrected chi connectivity index (χ4v) is 1.42. The Kier molecular flexibility index (Phi) is 3.27. The van der Waals surface area contributed by atoms with Crippen LogP contribution in [0.1, 0.15) is 0 Å². The third-order valence-corrected chi connectivity index (χ3v) is 2.33. The van der Waals surface area contributed by atoms with E-state index in [2.05, 4.69) is 15.0 Å². The number of para-hydroxylation sites is 1. The van der Waals surface area contributed by atoms with Crippen LogP contribution < -0.4 is 9.64 Å². The molecule has 6 nitrogen and oxygen atoms in total. The van der Waals surface area contributed by atoms with Crippen LogP contribution in [0, 0.1) is 0 Å². The lowest BCUT2D eigenvalue weighted by molar-refractivity contribution is 0.379. The zero-order valence-electron chi connectivity index (χ0n) is 10.5. The molecular weight excluding hydrogens is 232 g/mol. The zero-order chi connectivity index (χ0) is 13.1. The van der Waals surface area contributed by atoms with Crippen molar-refractivity contribution in [1.29, 1.82) is 0 Å². The molecule has 2 aromatic rings. The normalized spacial score (nSPS) is 10.2. The van der Waals surface area contributed by atoms with Gasteiger partial charge in [0.15, 0.2) is 5.82 Å². The Labute approximate surface area is 105 Å². The van der Waals surface area contributed by atoms with Crippen molar-refractivity contribution < 1.29 is 9.84 Å². The van der Waals surface area contributed by atoms with Gasteiger partial charge in [0, 0.05) is 14.1 Å². The fraction of sp³-hybridized carbons (Fsp3) is 0.250. The summed E-state index contributed by atoms with van der Waals surface area (Å²) in [5.41, 5.74) is 0.543. The second-order valence-electron chi connectivity index (χ2n) is 3.86. The van der Waals surface area contributed by atoms with Crippen molar-refractivity contribution >= 4 is 5.95 Å². The minimum absolute atomic E-state index is 0.121. The Morgan fingerprint density at radius 3 is 2.44 bits per heavy atom. The highest BCUT2D eigenvalue weighted by molar-refractivity contribution is 5.64. The Hall–Kier alpha value is -2.37. The molecule has 0 aliphatic rings. The van der Waals surface area contributed by atoms with E-state index in [0.29, 0.717) is 17.3 Å². The summed E-state index contributed by atoms with van der Waals surface area (Å²) < 4.78 is 5.04. The van der Waals surface area contributed by atoms with E-state index in [1.807, 2.05) is 14.1 Å². The van der Waals surface area contributed by atoms with Gasteiger partial charge < -0.3 is 14.7 Å². The SMILES string of the molecule is COc1nc(-c2ccccc2O)nc(N(C)C)n1. The summed E-state index contributed by atoms with van der Waals surface area (Å²) in [4.78, 5) is 14.3. The molecule has 1 heterocycles. The van der Waals surface area contributed by atoms with Gasteiger partial charge in [-0.3, -0.25) is 0 Å². The minimum Gasteiger partial charge on any atom is -0.507 e. The predicted octanol–water partition coefficient (Wildman–Crippen LogP) is 1.32. The molecule has 0 saturated carbocycles. The van der Waals surface area contributed by atoms with Gasteiger partial charge in [0.2, 0.25) is 5.95 Å². The number of aromatic hydroxyl groups is 1. The molecule has 0 spiro atoms. The van der Waals surface area contributed by atoms with Crippen LogP contribution in [-0.2, 0) is 0 Å². The van der Waals surface area contributed by atoms with Gasteiger partial charge in [0.05, 0.1) is 12.7 Å². The first kappa shape index (κ1) is 12.1. The Morgan fingerprint density at radius 2 is 1.83 bits per heavy atom. The van der Waals surface area contributed by atoms with Crippen LogP contribution in [0.3, 0.4) is 0 Å². The van der Waals surface area contributed by atoms with Crippen LogP contribution in [0.25, 0.3) is 11.4 Å². The number of ether oxygens (including phenoxy) is 1. The van der Waals surface area contributed by atoms with E-state index < -0.39 is 0 Å². The molecule has 1 aromatic carbocycles. The highest BCUT2D eigenvalue weighted by Gasteiger charge is 2.12. The van der Waals surface area contributed by atoms with Crippen molar-refractivity contribution in [1.82, 2.24) is 15.0 Å². The first-order valence-electron chi connectivity index (χ1n) is 5.37. The molecule has 6 heteroatoms. The van der Waals surface area contributed by atoms with Crippen molar-refractivity contribution in [3.05, 3.63) is 24.3 Å².